The van der Waals surface area contributed by atoms with E-state index in [-0.39, 0.29) is 11.4 Å². The summed E-state index contributed by atoms with van der Waals surface area (Å²) in [6.07, 6.45) is 1.76. The van der Waals surface area contributed by atoms with Gasteiger partial charge in [-0.2, -0.15) is 0 Å². The lowest BCUT2D eigenvalue weighted by molar-refractivity contribution is 0.602. The van der Waals surface area contributed by atoms with Crippen molar-refractivity contribution in [2.75, 3.05) is 11.1 Å². The van der Waals surface area contributed by atoms with Crippen LogP contribution < -0.4 is 11.1 Å². The maximum atomic E-state index is 12.9. The molecule has 3 N–H and O–H groups in total. The van der Waals surface area contributed by atoms with E-state index in [0.717, 1.165) is 5.01 Å². The zero-order valence-corrected chi connectivity index (χ0v) is 10.5. The van der Waals surface area contributed by atoms with Crippen molar-refractivity contribution < 1.29 is 4.39 Å². The van der Waals surface area contributed by atoms with Crippen molar-refractivity contribution in [1.29, 1.82) is 0 Å². The van der Waals surface area contributed by atoms with Crippen molar-refractivity contribution in [3.8, 4) is 0 Å². The third-order valence-corrected chi connectivity index (χ3v) is 3.52. The predicted molar refractivity (Wildman–Crippen MR) is 69.6 cm³/mol. The highest BCUT2D eigenvalue weighted by Gasteiger charge is 2.23. The third kappa shape index (κ3) is 2.55. The van der Waals surface area contributed by atoms with Crippen LogP contribution in [-0.2, 0) is 5.54 Å². The number of nitrogen functional groups attached to an aromatic ring is 1. The molecule has 90 valence electrons. The Balaban J connectivity index is 2.26. The maximum absolute atomic E-state index is 12.9. The highest BCUT2D eigenvalue weighted by molar-refractivity contribution is 7.09. The van der Waals surface area contributed by atoms with Gasteiger partial charge in [-0.15, -0.1) is 11.3 Å². The standard InChI is InChI=1S/C12H14FN3S/c1-12(2,11-15-5-6-17-11)16-10-4-3-8(13)7-9(10)14/h3-7,16H,14H2,1-2H3. The van der Waals surface area contributed by atoms with Gasteiger partial charge >= 0.3 is 0 Å². The highest BCUT2D eigenvalue weighted by Crippen LogP contribution is 2.30. The summed E-state index contributed by atoms with van der Waals surface area (Å²) in [5, 5.41) is 6.16. The molecular weight excluding hydrogens is 237 g/mol. The van der Waals surface area contributed by atoms with E-state index in [1.165, 1.54) is 12.1 Å². The van der Waals surface area contributed by atoms with E-state index < -0.39 is 0 Å². The molecular formula is C12H14FN3S. The summed E-state index contributed by atoms with van der Waals surface area (Å²) >= 11 is 1.57. The van der Waals surface area contributed by atoms with Crippen LogP contribution in [0, 0.1) is 5.82 Å². The maximum Gasteiger partial charge on any atom is 0.125 e. The first-order chi connectivity index (χ1) is 7.99. The molecule has 2 rings (SSSR count). The van der Waals surface area contributed by atoms with Gasteiger partial charge in [0.1, 0.15) is 10.8 Å². The first-order valence-electron chi connectivity index (χ1n) is 5.22. The van der Waals surface area contributed by atoms with Gasteiger partial charge in [0.15, 0.2) is 0 Å². The summed E-state index contributed by atoms with van der Waals surface area (Å²) in [6, 6.07) is 4.33. The van der Waals surface area contributed by atoms with E-state index in [2.05, 4.69) is 10.3 Å². The van der Waals surface area contributed by atoms with Crippen LogP contribution in [0.15, 0.2) is 29.8 Å². The largest absolute Gasteiger partial charge is 0.397 e. The smallest absolute Gasteiger partial charge is 0.125 e. The predicted octanol–water partition coefficient (Wildman–Crippen LogP) is 3.21. The molecule has 0 saturated carbocycles. The number of nitrogens with zero attached hydrogens (tertiary/aromatic N) is 1. The van der Waals surface area contributed by atoms with Crippen LogP contribution in [0.4, 0.5) is 15.8 Å². The zero-order valence-electron chi connectivity index (χ0n) is 9.70. The first kappa shape index (κ1) is 11.9. The van der Waals surface area contributed by atoms with E-state index in [9.17, 15) is 4.39 Å². The Hall–Kier alpha value is -1.62. The lowest BCUT2D eigenvalue weighted by Crippen LogP contribution is -2.28. The summed E-state index contributed by atoms with van der Waals surface area (Å²) in [5.74, 6) is -0.333. The summed E-state index contributed by atoms with van der Waals surface area (Å²) in [6.45, 7) is 4.02. The second kappa shape index (κ2) is 4.33. The number of hydrogen-bond donors (Lipinski definition) is 2. The Bertz CT molecular complexity index is 508. The van der Waals surface area contributed by atoms with Gasteiger partial charge in [0.2, 0.25) is 0 Å². The van der Waals surface area contributed by atoms with Crippen molar-refractivity contribution in [3.63, 3.8) is 0 Å². The second-order valence-electron chi connectivity index (χ2n) is 4.32. The van der Waals surface area contributed by atoms with E-state index in [0.29, 0.717) is 11.4 Å². The molecule has 0 bridgehead atoms. The molecule has 0 aliphatic rings. The minimum Gasteiger partial charge on any atom is -0.397 e. The van der Waals surface area contributed by atoms with Crippen LogP contribution >= 0.6 is 11.3 Å². The van der Waals surface area contributed by atoms with Crippen LogP contribution in [0.1, 0.15) is 18.9 Å². The number of aromatic nitrogens is 1. The summed E-state index contributed by atoms with van der Waals surface area (Å²) < 4.78 is 12.9. The Labute approximate surface area is 103 Å². The molecule has 1 heterocycles. The van der Waals surface area contributed by atoms with Crippen LogP contribution in [0.2, 0.25) is 0 Å². The molecule has 17 heavy (non-hydrogen) atoms. The van der Waals surface area contributed by atoms with Gasteiger partial charge in [0, 0.05) is 11.6 Å². The number of halogens is 1. The number of nitrogens with one attached hydrogen (secondary N) is 1. The first-order valence-corrected chi connectivity index (χ1v) is 6.10. The summed E-state index contributed by atoms with van der Waals surface area (Å²) in [7, 11) is 0. The monoisotopic (exact) mass is 251 g/mol. The Kier molecular flexibility index (Phi) is 3.02. The molecule has 0 spiro atoms. The fourth-order valence-electron chi connectivity index (χ4n) is 1.57. The molecule has 0 radical (unpaired) electrons. The normalized spacial score (nSPS) is 11.5. The average molecular weight is 251 g/mol. The van der Waals surface area contributed by atoms with Gasteiger partial charge in [-0.3, -0.25) is 0 Å². The lowest BCUT2D eigenvalue weighted by Gasteiger charge is -2.26. The fraction of sp³-hybridized carbons (Fsp3) is 0.250. The molecule has 5 heteroatoms. The van der Waals surface area contributed by atoms with Crippen molar-refractivity contribution in [2.24, 2.45) is 0 Å². The Morgan fingerprint density at radius 3 is 2.76 bits per heavy atom. The van der Waals surface area contributed by atoms with E-state index in [4.69, 9.17) is 5.73 Å². The molecule has 0 saturated heterocycles. The molecule has 1 aromatic heterocycles. The fourth-order valence-corrected chi connectivity index (χ4v) is 2.29. The SMILES string of the molecule is CC(C)(Nc1ccc(F)cc1N)c1nccs1. The number of rotatable bonds is 3. The van der Waals surface area contributed by atoms with Gasteiger partial charge in [-0.1, -0.05) is 0 Å². The Morgan fingerprint density at radius 1 is 1.41 bits per heavy atom. The number of thiazole rings is 1. The molecule has 0 aliphatic carbocycles. The van der Waals surface area contributed by atoms with E-state index in [1.54, 1.807) is 23.6 Å². The van der Waals surface area contributed by atoms with Crippen molar-refractivity contribution in [3.05, 3.63) is 40.6 Å². The van der Waals surface area contributed by atoms with Crippen LogP contribution in [-0.4, -0.2) is 4.98 Å². The average Bonchev–Trinajstić information content (AvgIpc) is 2.76. The van der Waals surface area contributed by atoms with Crippen molar-refractivity contribution in [2.45, 2.75) is 19.4 Å². The van der Waals surface area contributed by atoms with Crippen LogP contribution in [0.25, 0.3) is 0 Å². The minimum absolute atomic E-state index is 0.333. The van der Waals surface area contributed by atoms with Gasteiger partial charge in [-0.05, 0) is 32.0 Å². The van der Waals surface area contributed by atoms with Crippen molar-refractivity contribution in [1.82, 2.24) is 4.98 Å². The van der Waals surface area contributed by atoms with Crippen molar-refractivity contribution >= 4 is 22.7 Å². The number of hydrogen-bond acceptors (Lipinski definition) is 4. The quantitative estimate of drug-likeness (QED) is 0.823. The third-order valence-electron chi connectivity index (χ3n) is 2.43. The molecule has 0 atom stereocenters. The van der Waals surface area contributed by atoms with Crippen LogP contribution in [0.5, 0.6) is 0 Å². The van der Waals surface area contributed by atoms with E-state index in [1.807, 2.05) is 19.2 Å². The number of benzene rings is 1. The molecule has 2 aromatic rings. The molecule has 0 amide bonds. The highest BCUT2D eigenvalue weighted by atomic mass is 32.1. The summed E-state index contributed by atoms with van der Waals surface area (Å²) in [4.78, 5) is 4.27. The number of nitrogens with two attached hydrogens (primary N) is 1. The minimum atomic E-state index is -0.333. The molecule has 3 nitrogen and oxygen atoms in total. The topological polar surface area (TPSA) is 50.9 Å². The second-order valence-corrected chi connectivity index (χ2v) is 5.21. The Morgan fingerprint density at radius 2 is 2.18 bits per heavy atom. The lowest BCUT2D eigenvalue weighted by atomic mass is 10.1. The molecule has 1 aromatic carbocycles. The van der Waals surface area contributed by atoms with E-state index >= 15 is 0 Å². The molecule has 0 aliphatic heterocycles. The van der Waals surface area contributed by atoms with Crippen LogP contribution in [0.3, 0.4) is 0 Å². The summed E-state index contributed by atoms with van der Waals surface area (Å²) in [5.41, 5.74) is 6.54. The van der Waals surface area contributed by atoms with Gasteiger partial charge in [0.25, 0.3) is 0 Å². The zero-order chi connectivity index (χ0) is 12.5. The molecule has 0 fully saturated rings. The van der Waals surface area contributed by atoms with Gasteiger partial charge in [0.05, 0.1) is 16.9 Å². The van der Waals surface area contributed by atoms with Gasteiger partial charge in [-0.25, -0.2) is 9.37 Å². The molecule has 0 unspecified atom stereocenters. The van der Waals surface area contributed by atoms with Gasteiger partial charge < -0.3 is 11.1 Å². The number of anilines is 2.